The Morgan fingerprint density at radius 2 is 0.853 bits per heavy atom. The van der Waals surface area contributed by atoms with Crippen molar-refractivity contribution in [1.82, 2.24) is 0 Å². The number of esters is 2. The Morgan fingerprint density at radius 3 is 1.20 bits per heavy atom. The highest BCUT2D eigenvalue weighted by molar-refractivity contribution is 6.06. The summed E-state index contributed by atoms with van der Waals surface area (Å²) in [6.07, 6.45) is 19.4. The number of fused-ring (bicyclic) bond motifs is 14. The second kappa shape index (κ2) is 16.6. The molecule has 10 aliphatic rings. The zero-order valence-electron chi connectivity index (χ0n) is 48.6. The fourth-order valence-corrected chi connectivity index (χ4v) is 20.7. The van der Waals surface area contributed by atoms with Crippen molar-refractivity contribution in [2.45, 2.75) is 193 Å². The predicted molar refractivity (Wildman–Crippen MR) is 291 cm³/mol. The molecule has 14 unspecified atom stereocenters. The molecule has 10 rings (SSSR count). The van der Waals surface area contributed by atoms with Gasteiger partial charge in [-0.15, -0.1) is 0 Å². The van der Waals surface area contributed by atoms with Crippen molar-refractivity contribution in [1.29, 1.82) is 0 Å². The van der Waals surface area contributed by atoms with Gasteiger partial charge in [-0.2, -0.15) is 0 Å². The first-order chi connectivity index (χ1) is 34.7. The van der Waals surface area contributed by atoms with E-state index in [1.807, 2.05) is 39.8 Å². The van der Waals surface area contributed by atoms with E-state index in [9.17, 15) is 19.2 Å². The van der Waals surface area contributed by atoms with Crippen LogP contribution < -0.4 is 0 Å². The lowest BCUT2D eigenvalue weighted by molar-refractivity contribution is -0.192. The summed E-state index contributed by atoms with van der Waals surface area (Å²) in [4.78, 5) is 86.9. The first-order valence-corrected chi connectivity index (χ1v) is 28.9. The molecule has 0 aromatic rings. The second-order valence-corrected chi connectivity index (χ2v) is 30.4. The zero-order chi connectivity index (χ0) is 54.9. The molecule has 6 saturated carbocycles. The van der Waals surface area contributed by atoms with E-state index in [1.165, 1.54) is 14.2 Å². The largest absolute Gasteiger partial charge is 0.469 e. The Labute approximate surface area is 449 Å². The van der Waals surface area contributed by atoms with Crippen LogP contribution in [-0.2, 0) is 38.2 Å². The maximum Gasteiger partial charge on any atom is 0.312 e. The molecule has 8 heteroatoms. The Hall–Kier alpha value is -4.30. The Bertz CT molecular complexity index is 2680. The van der Waals surface area contributed by atoms with Crippen molar-refractivity contribution in [2.24, 2.45) is 100 Å². The van der Waals surface area contributed by atoms with Crippen LogP contribution in [0.5, 0.6) is 0 Å². The lowest BCUT2D eigenvalue weighted by Gasteiger charge is -2.68. The minimum absolute atomic E-state index is 0.00412. The number of allylic oxidation sites excluding steroid dienone is 8. The molecule has 0 N–H and O–H groups in total. The van der Waals surface area contributed by atoms with E-state index in [1.54, 1.807) is 0 Å². The van der Waals surface area contributed by atoms with Gasteiger partial charge >= 0.3 is 11.9 Å². The van der Waals surface area contributed by atoms with Gasteiger partial charge < -0.3 is 9.47 Å². The Balaban J connectivity index is 0.972. The minimum atomic E-state index is -0.741. The molecule has 404 valence electrons. The van der Waals surface area contributed by atoms with Gasteiger partial charge in [0, 0.05) is 33.5 Å². The van der Waals surface area contributed by atoms with E-state index in [2.05, 4.69) is 105 Å². The molecule has 0 aromatic heterocycles. The molecule has 14 atom stereocenters. The SMILES string of the molecule is COC(=O)C12CCC(C)(C)CC1C1C(=O)C=C3C4(C)C=C(C#CCC#CC5=CC6(C)C7=CC(=O)C8C9CC(C)(C)CCC9(C(=O)OC)CCC8(C)C7(C)CCC6C(C)(C)C5=O)C(=O)C(C)(C)C4CCC3(C)C1(C)CC2. The van der Waals surface area contributed by atoms with E-state index < -0.39 is 43.3 Å². The van der Waals surface area contributed by atoms with Gasteiger partial charge in [-0.05, 0) is 158 Å². The molecule has 0 aliphatic heterocycles. The van der Waals surface area contributed by atoms with Gasteiger partial charge in [0.2, 0.25) is 0 Å². The average molecular weight is 1020 g/mol. The second-order valence-electron chi connectivity index (χ2n) is 30.4. The molecule has 0 heterocycles. The molecule has 0 spiro atoms. The maximum atomic E-state index is 15.1. The van der Waals surface area contributed by atoms with E-state index in [0.29, 0.717) is 24.0 Å². The molecular formula is C67H88O8. The fourth-order valence-electron chi connectivity index (χ4n) is 20.7. The van der Waals surface area contributed by atoms with E-state index in [4.69, 9.17) is 9.47 Å². The number of carbonyl (C=O) groups is 6. The normalized spacial score (nSPS) is 45.3. The highest BCUT2D eigenvalue weighted by Crippen LogP contribution is 2.77. The van der Waals surface area contributed by atoms with Crippen LogP contribution in [0.15, 0.2) is 46.6 Å². The topological polar surface area (TPSA) is 121 Å². The highest BCUT2D eigenvalue weighted by Gasteiger charge is 2.73. The first-order valence-electron chi connectivity index (χ1n) is 28.9. The molecule has 8 nitrogen and oxygen atoms in total. The Morgan fingerprint density at radius 1 is 0.507 bits per heavy atom. The fraction of sp³-hybridized carbons (Fsp3) is 0.731. The summed E-state index contributed by atoms with van der Waals surface area (Å²) in [6, 6.07) is 0. The third kappa shape index (κ3) is 7.00. The first kappa shape index (κ1) is 54.1. The van der Waals surface area contributed by atoms with Gasteiger partial charge in [-0.25, -0.2) is 0 Å². The number of rotatable bonds is 2. The predicted octanol–water partition coefficient (Wildman–Crippen LogP) is 13.1. The third-order valence-corrected chi connectivity index (χ3v) is 25.3. The third-order valence-electron chi connectivity index (χ3n) is 25.3. The van der Waals surface area contributed by atoms with Crippen molar-refractivity contribution in [3.05, 3.63) is 46.6 Å². The molecule has 0 aromatic carbocycles. The van der Waals surface area contributed by atoms with Gasteiger partial charge in [-0.1, -0.05) is 144 Å². The van der Waals surface area contributed by atoms with Crippen molar-refractivity contribution in [3.63, 3.8) is 0 Å². The summed E-state index contributed by atoms with van der Waals surface area (Å²) >= 11 is 0. The van der Waals surface area contributed by atoms with Crippen LogP contribution in [-0.4, -0.2) is 49.3 Å². The molecule has 10 aliphatic carbocycles. The van der Waals surface area contributed by atoms with Crippen LogP contribution in [0.25, 0.3) is 0 Å². The van der Waals surface area contributed by atoms with E-state index in [-0.39, 0.29) is 98.7 Å². The standard InChI is InChI=1S/C67H88O8/c1-56(2)26-30-66(54(72)74-15)32-28-64(13)50(42(66)38-56)44(68)34-48-60(9)36-40(52(70)58(5,6)46(60)22-24-62(48,64)11)20-18-17-19-21-41-37-61(10)47(59(7,8)53(41)71)23-25-63(12)49(61)35-45(69)51-43-39-57(3,4)27-31-67(43,55(73)75-16)33-29-65(51,63)14/h34-37,42-43,46-47,50-51H,17,22-33,38-39H2,1-16H3. The van der Waals surface area contributed by atoms with Gasteiger partial charge in [0.15, 0.2) is 23.1 Å². The molecule has 0 amide bonds. The summed E-state index contributed by atoms with van der Waals surface area (Å²) < 4.78 is 11.1. The lowest BCUT2D eigenvalue weighted by atomic mass is 9.34. The molecule has 0 saturated heterocycles. The molecule has 0 radical (unpaired) electrons. The zero-order valence-corrected chi connectivity index (χ0v) is 48.6. The van der Waals surface area contributed by atoms with E-state index in [0.717, 1.165) is 88.2 Å². The highest BCUT2D eigenvalue weighted by atomic mass is 16.5. The monoisotopic (exact) mass is 1020 g/mol. The van der Waals surface area contributed by atoms with Crippen molar-refractivity contribution in [2.75, 3.05) is 14.2 Å². The smallest absolute Gasteiger partial charge is 0.312 e. The van der Waals surface area contributed by atoms with Gasteiger partial charge in [-0.3, -0.25) is 28.8 Å². The minimum Gasteiger partial charge on any atom is -0.469 e. The molecular weight excluding hydrogens is 933 g/mol. The summed E-state index contributed by atoms with van der Waals surface area (Å²) in [5, 5.41) is 0. The van der Waals surface area contributed by atoms with E-state index >= 15 is 9.59 Å². The van der Waals surface area contributed by atoms with Crippen LogP contribution >= 0.6 is 0 Å². The summed E-state index contributed by atoms with van der Waals surface area (Å²) in [5.41, 5.74) is -2.41. The van der Waals surface area contributed by atoms with Crippen LogP contribution in [0.1, 0.15) is 193 Å². The lowest BCUT2D eigenvalue weighted by Crippen LogP contribution is -2.65. The van der Waals surface area contributed by atoms with Crippen LogP contribution in [0.3, 0.4) is 0 Å². The van der Waals surface area contributed by atoms with Gasteiger partial charge in [0.25, 0.3) is 0 Å². The quantitative estimate of drug-likeness (QED) is 0.198. The number of methoxy groups -OCH3 is 2. The van der Waals surface area contributed by atoms with Crippen molar-refractivity contribution < 1.29 is 38.2 Å². The maximum absolute atomic E-state index is 15.1. The number of Topliss-reactive ketones (excluding diaryl/α,β-unsaturated/α-hetero) is 2. The number of carbonyl (C=O) groups excluding carboxylic acids is 6. The van der Waals surface area contributed by atoms with Crippen LogP contribution in [0, 0.1) is 124 Å². The average Bonchev–Trinajstić information content (AvgIpc) is 3.33. The van der Waals surface area contributed by atoms with Crippen molar-refractivity contribution >= 4 is 35.1 Å². The van der Waals surface area contributed by atoms with Crippen LogP contribution in [0.4, 0.5) is 0 Å². The Kier molecular flexibility index (Phi) is 12.0. The number of hydrogen-bond donors (Lipinski definition) is 0. The number of ketones is 4. The van der Waals surface area contributed by atoms with Gasteiger partial charge in [0.1, 0.15) is 0 Å². The number of hydrogen-bond acceptors (Lipinski definition) is 8. The molecule has 6 fully saturated rings. The van der Waals surface area contributed by atoms with Crippen LogP contribution in [0.2, 0.25) is 0 Å². The summed E-state index contributed by atoms with van der Waals surface area (Å²) in [6.45, 7) is 31.1. The summed E-state index contributed by atoms with van der Waals surface area (Å²) in [7, 11) is 2.98. The number of ether oxygens (including phenoxy) is 2. The summed E-state index contributed by atoms with van der Waals surface area (Å²) in [5.74, 6) is 12.1. The molecule has 75 heavy (non-hydrogen) atoms. The molecule has 0 bridgehead atoms. The van der Waals surface area contributed by atoms with Crippen molar-refractivity contribution in [3.8, 4) is 23.7 Å². The van der Waals surface area contributed by atoms with Gasteiger partial charge in [0.05, 0.1) is 42.6 Å².